The van der Waals surface area contributed by atoms with Crippen LogP contribution in [-0.2, 0) is 17.8 Å². The standard InChI is InChI=1S/C28H34N4O2/c1-21-7-5-10-24(17-21)27-29-26(34-30-27)20-31-14-6-11-25(19-31)28(33)32-15-12-23(13-16-32)18-22-8-3-2-4-9-22/h2-5,7-10,17,23,25H,6,11-16,18-20H2,1H3. The first-order valence-corrected chi connectivity index (χ1v) is 12.6. The Morgan fingerprint density at radius 2 is 1.85 bits per heavy atom. The van der Waals surface area contributed by atoms with E-state index in [2.05, 4.69) is 69.3 Å². The van der Waals surface area contributed by atoms with E-state index in [0.29, 0.717) is 30.1 Å². The zero-order chi connectivity index (χ0) is 23.3. The molecule has 0 spiro atoms. The Bertz CT molecular complexity index is 1090. The number of aromatic nitrogens is 2. The molecule has 2 aliphatic heterocycles. The fourth-order valence-electron chi connectivity index (χ4n) is 5.38. The predicted molar refractivity (Wildman–Crippen MR) is 132 cm³/mol. The monoisotopic (exact) mass is 458 g/mol. The second-order valence-corrected chi connectivity index (χ2v) is 9.91. The van der Waals surface area contributed by atoms with E-state index in [4.69, 9.17) is 4.52 Å². The summed E-state index contributed by atoms with van der Waals surface area (Å²) in [5, 5.41) is 4.17. The molecule has 1 atom stereocenters. The van der Waals surface area contributed by atoms with E-state index in [-0.39, 0.29) is 5.92 Å². The Kier molecular flexibility index (Phi) is 7.05. The molecule has 3 heterocycles. The van der Waals surface area contributed by atoms with Gasteiger partial charge >= 0.3 is 0 Å². The van der Waals surface area contributed by atoms with Crippen molar-refractivity contribution < 1.29 is 9.32 Å². The Balaban J connectivity index is 1.12. The molecule has 1 unspecified atom stereocenters. The highest BCUT2D eigenvalue weighted by Crippen LogP contribution is 2.26. The molecule has 34 heavy (non-hydrogen) atoms. The summed E-state index contributed by atoms with van der Waals surface area (Å²) in [4.78, 5) is 22.3. The number of hydrogen-bond acceptors (Lipinski definition) is 5. The summed E-state index contributed by atoms with van der Waals surface area (Å²) in [5.41, 5.74) is 3.55. The number of amides is 1. The molecule has 178 valence electrons. The molecule has 3 aromatic rings. The molecule has 2 saturated heterocycles. The molecule has 0 N–H and O–H groups in total. The second kappa shape index (κ2) is 10.5. The van der Waals surface area contributed by atoms with Crippen LogP contribution in [-0.4, -0.2) is 52.0 Å². The molecular weight excluding hydrogens is 424 g/mol. The lowest BCUT2D eigenvalue weighted by molar-refractivity contribution is -0.138. The first-order valence-electron chi connectivity index (χ1n) is 12.6. The van der Waals surface area contributed by atoms with E-state index in [0.717, 1.165) is 63.8 Å². The van der Waals surface area contributed by atoms with E-state index in [1.807, 2.05) is 12.1 Å². The maximum absolute atomic E-state index is 13.3. The summed E-state index contributed by atoms with van der Waals surface area (Å²) in [5.74, 6) is 2.31. The molecule has 0 radical (unpaired) electrons. The smallest absolute Gasteiger partial charge is 0.241 e. The first-order chi connectivity index (χ1) is 16.6. The number of carbonyl (C=O) groups excluding carboxylic acids is 1. The van der Waals surface area contributed by atoms with Crippen molar-refractivity contribution >= 4 is 5.91 Å². The van der Waals surface area contributed by atoms with Crippen LogP contribution in [0.5, 0.6) is 0 Å². The van der Waals surface area contributed by atoms with Gasteiger partial charge in [-0.25, -0.2) is 0 Å². The highest BCUT2D eigenvalue weighted by Gasteiger charge is 2.32. The van der Waals surface area contributed by atoms with Gasteiger partial charge in [0.25, 0.3) is 0 Å². The molecule has 0 bridgehead atoms. The van der Waals surface area contributed by atoms with Crippen molar-refractivity contribution in [3.8, 4) is 11.4 Å². The quantitative estimate of drug-likeness (QED) is 0.534. The highest BCUT2D eigenvalue weighted by molar-refractivity contribution is 5.79. The van der Waals surface area contributed by atoms with Gasteiger partial charge in [0.05, 0.1) is 12.5 Å². The summed E-state index contributed by atoms with van der Waals surface area (Å²) >= 11 is 0. The maximum atomic E-state index is 13.3. The van der Waals surface area contributed by atoms with Gasteiger partial charge in [-0.05, 0) is 63.1 Å². The fraction of sp³-hybridized carbons (Fsp3) is 0.464. The largest absolute Gasteiger partial charge is 0.342 e. The maximum Gasteiger partial charge on any atom is 0.241 e. The third-order valence-electron chi connectivity index (χ3n) is 7.25. The van der Waals surface area contributed by atoms with Crippen LogP contribution in [0.15, 0.2) is 59.1 Å². The molecule has 6 nitrogen and oxygen atoms in total. The van der Waals surface area contributed by atoms with Crippen molar-refractivity contribution in [2.45, 2.75) is 45.6 Å². The van der Waals surface area contributed by atoms with Crippen molar-refractivity contribution in [2.24, 2.45) is 11.8 Å². The number of carbonyl (C=O) groups is 1. The Labute approximate surface area is 202 Å². The highest BCUT2D eigenvalue weighted by atomic mass is 16.5. The number of likely N-dealkylation sites (tertiary alicyclic amines) is 2. The summed E-state index contributed by atoms with van der Waals surface area (Å²) in [6, 6.07) is 18.8. The summed E-state index contributed by atoms with van der Waals surface area (Å²) in [6.07, 6.45) is 5.31. The Hall–Kier alpha value is -2.99. The molecule has 0 saturated carbocycles. The number of nitrogens with zero attached hydrogens (tertiary/aromatic N) is 4. The van der Waals surface area contributed by atoms with Gasteiger partial charge < -0.3 is 9.42 Å². The summed E-state index contributed by atoms with van der Waals surface area (Å²) in [6.45, 7) is 6.16. The molecule has 2 fully saturated rings. The minimum atomic E-state index is 0.0681. The third-order valence-corrected chi connectivity index (χ3v) is 7.25. The summed E-state index contributed by atoms with van der Waals surface area (Å²) in [7, 11) is 0. The van der Waals surface area contributed by atoms with Crippen LogP contribution in [0, 0.1) is 18.8 Å². The van der Waals surface area contributed by atoms with Gasteiger partial charge in [-0.2, -0.15) is 4.98 Å². The minimum Gasteiger partial charge on any atom is -0.342 e. The number of hydrogen-bond donors (Lipinski definition) is 0. The predicted octanol–water partition coefficient (Wildman–Crippen LogP) is 4.74. The van der Waals surface area contributed by atoms with Crippen LogP contribution in [0.3, 0.4) is 0 Å². The van der Waals surface area contributed by atoms with E-state index in [1.54, 1.807) is 0 Å². The fourth-order valence-corrected chi connectivity index (χ4v) is 5.38. The lowest BCUT2D eigenvalue weighted by Gasteiger charge is -2.37. The van der Waals surface area contributed by atoms with E-state index < -0.39 is 0 Å². The van der Waals surface area contributed by atoms with Gasteiger partial charge in [-0.3, -0.25) is 9.69 Å². The zero-order valence-electron chi connectivity index (χ0n) is 20.0. The van der Waals surface area contributed by atoms with Crippen molar-refractivity contribution in [1.82, 2.24) is 19.9 Å². The normalized spacial score (nSPS) is 19.9. The lowest BCUT2D eigenvalue weighted by Crippen LogP contribution is -2.47. The van der Waals surface area contributed by atoms with Gasteiger partial charge in [0.15, 0.2) is 0 Å². The van der Waals surface area contributed by atoms with Crippen LogP contribution in [0.4, 0.5) is 0 Å². The average Bonchev–Trinajstić information content (AvgIpc) is 3.33. The van der Waals surface area contributed by atoms with Crippen LogP contribution in [0.1, 0.15) is 42.7 Å². The molecule has 1 amide bonds. The molecule has 1 aromatic heterocycles. The van der Waals surface area contributed by atoms with Crippen molar-refractivity contribution in [1.29, 1.82) is 0 Å². The molecular formula is C28H34N4O2. The van der Waals surface area contributed by atoms with Crippen molar-refractivity contribution in [2.75, 3.05) is 26.2 Å². The molecule has 6 heteroatoms. The topological polar surface area (TPSA) is 62.5 Å². The van der Waals surface area contributed by atoms with Gasteiger partial charge in [-0.1, -0.05) is 59.3 Å². The molecule has 0 aliphatic carbocycles. The first kappa shape index (κ1) is 22.8. The van der Waals surface area contributed by atoms with Crippen molar-refractivity contribution in [3.05, 3.63) is 71.6 Å². The van der Waals surface area contributed by atoms with E-state index in [1.165, 1.54) is 11.1 Å². The van der Waals surface area contributed by atoms with Gasteiger partial charge in [0.2, 0.25) is 17.6 Å². The average molecular weight is 459 g/mol. The Morgan fingerprint density at radius 1 is 1.03 bits per heavy atom. The van der Waals surface area contributed by atoms with Crippen LogP contribution in [0.2, 0.25) is 0 Å². The van der Waals surface area contributed by atoms with Crippen LogP contribution >= 0.6 is 0 Å². The Morgan fingerprint density at radius 3 is 2.65 bits per heavy atom. The number of benzene rings is 2. The number of rotatable bonds is 6. The van der Waals surface area contributed by atoms with E-state index >= 15 is 0 Å². The van der Waals surface area contributed by atoms with Gasteiger partial charge in [-0.15, -0.1) is 0 Å². The number of piperidine rings is 2. The lowest BCUT2D eigenvalue weighted by atomic mass is 9.89. The van der Waals surface area contributed by atoms with Crippen LogP contribution in [0.25, 0.3) is 11.4 Å². The van der Waals surface area contributed by atoms with E-state index in [9.17, 15) is 4.79 Å². The van der Waals surface area contributed by atoms with Crippen LogP contribution < -0.4 is 0 Å². The van der Waals surface area contributed by atoms with Gasteiger partial charge in [0.1, 0.15) is 0 Å². The molecule has 2 aromatic carbocycles. The van der Waals surface area contributed by atoms with Gasteiger partial charge in [0, 0.05) is 25.2 Å². The molecule has 2 aliphatic rings. The second-order valence-electron chi connectivity index (χ2n) is 9.91. The third kappa shape index (κ3) is 5.55. The van der Waals surface area contributed by atoms with Crippen molar-refractivity contribution in [3.63, 3.8) is 0 Å². The summed E-state index contributed by atoms with van der Waals surface area (Å²) < 4.78 is 5.54. The molecule has 5 rings (SSSR count). The SMILES string of the molecule is Cc1cccc(-c2noc(CN3CCCC(C(=O)N4CCC(Cc5ccccc5)CC4)C3)n2)c1. The zero-order valence-corrected chi connectivity index (χ0v) is 20.0. The minimum absolute atomic E-state index is 0.0681. The number of aryl methyl sites for hydroxylation is 1.